The normalized spacial score (nSPS) is 11.5. The van der Waals surface area contributed by atoms with Crippen LogP contribution in [0.5, 0.6) is 5.75 Å². The molecule has 2 aromatic carbocycles. The van der Waals surface area contributed by atoms with E-state index in [1.807, 2.05) is 6.92 Å². The Balaban J connectivity index is 1.98. The first-order chi connectivity index (χ1) is 12.4. The summed E-state index contributed by atoms with van der Waals surface area (Å²) in [6.07, 6.45) is 0.581. The molecule has 0 radical (unpaired) electrons. The minimum Gasteiger partial charge on any atom is -0.483 e. The molecule has 26 heavy (non-hydrogen) atoms. The molecule has 0 aromatic heterocycles. The largest absolute Gasteiger partial charge is 0.483 e. The van der Waals surface area contributed by atoms with Gasteiger partial charge in [0.15, 0.2) is 11.9 Å². The van der Waals surface area contributed by atoms with Crippen molar-refractivity contribution < 1.29 is 19.1 Å². The van der Waals surface area contributed by atoms with Gasteiger partial charge >= 0.3 is 0 Å². The molecule has 0 aliphatic carbocycles. The van der Waals surface area contributed by atoms with Crippen LogP contribution in [0.25, 0.3) is 0 Å². The first-order valence-electron chi connectivity index (χ1n) is 8.62. The van der Waals surface area contributed by atoms with E-state index in [9.17, 15) is 14.4 Å². The maximum Gasteiger partial charge on any atom is 0.224 e. The second-order valence-corrected chi connectivity index (χ2v) is 6.08. The van der Waals surface area contributed by atoms with Gasteiger partial charge in [-0.05, 0) is 68.8 Å². The third kappa shape index (κ3) is 5.28. The summed E-state index contributed by atoms with van der Waals surface area (Å²) in [6.45, 7) is 5.12. The van der Waals surface area contributed by atoms with Gasteiger partial charge in [-0.2, -0.15) is 0 Å². The Morgan fingerprint density at radius 2 is 1.54 bits per heavy atom. The van der Waals surface area contributed by atoms with Crippen LogP contribution < -0.4 is 10.1 Å². The second-order valence-electron chi connectivity index (χ2n) is 6.08. The molecule has 5 nitrogen and oxygen atoms in total. The standard InChI is InChI=1S/C21H23NO4/c1-4-5-20(24)22-18-10-6-17(7-11-18)21(25)15(3)26-19-12-8-16(9-13-19)14(2)23/h6-13,15H,4-5H2,1-3H3,(H,22,24)/t15-/m1/s1. The van der Waals surface area contributed by atoms with E-state index in [2.05, 4.69) is 5.32 Å². The van der Waals surface area contributed by atoms with Crippen LogP contribution in [0.1, 0.15) is 54.3 Å². The number of nitrogens with one attached hydrogen (secondary N) is 1. The number of ketones is 2. The molecule has 0 aliphatic heterocycles. The van der Waals surface area contributed by atoms with E-state index in [0.717, 1.165) is 6.42 Å². The molecule has 0 bridgehead atoms. The fraction of sp³-hybridized carbons (Fsp3) is 0.286. The molecule has 0 fully saturated rings. The van der Waals surface area contributed by atoms with Gasteiger partial charge in [-0.15, -0.1) is 0 Å². The van der Waals surface area contributed by atoms with E-state index < -0.39 is 6.10 Å². The number of rotatable bonds is 8. The van der Waals surface area contributed by atoms with Crippen LogP contribution in [0, 0.1) is 0 Å². The van der Waals surface area contributed by atoms with Crippen LogP contribution in [0.2, 0.25) is 0 Å². The topological polar surface area (TPSA) is 72.5 Å². The number of anilines is 1. The molecule has 0 heterocycles. The molecule has 1 atom stereocenters. The highest BCUT2D eigenvalue weighted by molar-refractivity contribution is 6.00. The zero-order valence-electron chi connectivity index (χ0n) is 15.2. The Morgan fingerprint density at radius 3 is 2.08 bits per heavy atom. The van der Waals surface area contributed by atoms with Crippen molar-refractivity contribution in [2.45, 2.75) is 39.7 Å². The van der Waals surface area contributed by atoms with Crippen LogP contribution in [-0.2, 0) is 4.79 Å². The molecule has 2 aromatic rings. The summed E-state index contributed by atoms with van der Waals surface area (Å²) < 4.78 is 5.66. The Kier molecular flexibility index (Phi) is 6.67. The summed E-state index contributed by atoms with van der Waals surface area (Å²) in [5.74, 6) is 0.301. The third-order valence-corrected chi connectivity index (χ3v) is 3.87. The van der Waals surface area contributed by atoms with Crippen LogP contribution in [0.4, 0.5) is 5.69 Å². The van der Waals surface area contributed by atoms with E-state index in [1.54, 1.807) is 55.5 Å². The summed E-state index contributed by atoms with van der Waals surface area (Å²) in [6, 6.07) is 13.4. The van der Waals surface area contributed by atoms with Crippen LogP contribution in [-0.4, -0.2) is 23.6 Å². The lowest BCUT2D eigenvalue weighted by Gasteiger charge is -2.14. The van der Waals surface area contributed by atoms with Crippen molar-refractivity contribution in [1.82, 2.24) is 0 Å². The molecule has 0 unspecified atom stereocenters. The van der Waals surface area contributed by atoms with Gasteiger partial charge < -0.3 is 10.1 Å². The lowest BCUT2D eigenvalue weighted by Crippen LogP contribution is -2.24. The van der Waals surface area contributed by atoms with Gasteiger partial charge in [0.05, 0.1) is 0 Å². The van der Waals surface area contributed by atoms with Gasteiger partial charge in [-0.3, -0.25) is 14.4 Å². The molecule has 0 saturated carbocycles. The Morgan fingerprint density at radius 1 is 0.962 bits per heavy atom. The lowest BCUT2D eigenvalue weighted by atomic mass is 10.1. The summed E-state index contributed by atoms with van der Waals surface area (Å²) in [5.41, 5.74) is 1.76. The summed E-state index contributed by atoms with van der Waals surface area (Å²) in [7, 11) is 0. The fourth-order valence-electron chi connectivity index (χ4n) is 2.43. The highest BCUT2D eigenvalue weighted by Crippen LogP contribution is 2.17. The molecule has 2 rings (SSSR count). The van der Waals surface area contributed by atoms with E-state index in [4.69, 9.17) is 4.74 Å². The van der Waals surface area contributed by atoms with Crippen LogP contribution >= 0.6 is 0 Å². The Hall–Kier alpha value is -2.95. The van der Waals surface area contributed by atoms with Crippen molar-refractivity contribution in [3.05, 3.63) is 59.7 Å². The Labute approximate surface area is 153 Å². The van der Waals surface area contributed by atoms with Gasteiger partial charge in [0.25, 0.3) is 0 Å². The van der Waals surface area contributed by atoms with Gasteiger partial charge in [0.2, 0.25) is 11.7 Å². The van der Waals surface area contributed by atoms with Gasteiger partial charge in [-0.1, -0.05) is 6.92 Å². The van der Waals surface area contributed by atoms with Crippen LogP contribution in [0.15, 0.2) is 48.5 Å². The first-order valence-corrected chi connectivity index (χ1v) is 8.62. The zero-order valence-corrected chi connectivity index (χ0v) is 15.2. The minimum absolute atomic E-state index is 0.0215. The molecule has 136 valence electrons. The Bertz CT molecular complexity index is 779. The van der Waals surface area contributed by atoms with Crippen molar-refractivity contribution in [3.63, 3.8) is 0 Å². The van der Waals surface area contributed by atoms with E-state index in [-0.39, 0.29) is 17.5 Å². The number of hydrogen-bond acceptors (Lipinski definition) is 4. The average molecular weight is 353 g/mol. The number of carbonyl (C=O) groups excluding carboxylic acids is 3. The predicted octanol–water partition coefficient (Wildman–Crippen LogP) is 4.28. The fourth-order valence-corrected chi connectivity index (χ4v) is 2.43. The summed E-state index contributed by atoms with van der Waals surface area (Å²) in [5, 5.41) is 2.78. The molecule has 0 saturated heterocycles. The molecule has 5 heteroatoms. The number of carbonyl (C=O) groups is 3. The highest BCUT2D eigenvalue weighted by Gasteiger charge is 2.17. The van der Waals surface area contributed by atoms with Gasteiger partial charge in [-0.25, -0.2) is 0 Å². The number of amides is 1. The number of Topliss-reactive ketones (excluding diaryl/α,β-unsaturated/α-hetero) is 2. The molecule has 0 spiro atoms. The first kappa shape index (κ1) is 19.4. The molecule has 1 amide bonds. The highest BCUT2D eigenvalue weighted by atomic mass is 16.5. The lowest BCUT2D eigenvalue weighted by molar-refractivity contribution is -0.116. The van der Waals surface area contributed by atoms with Crippen molar-refractivity contribution in [1.29, 1.82) is 0 Å². The van der Waals surface area contributed by atoms with Crippen molar-refractivity contribution in [2.75, 3.05) is 5.32 Å². The van der Waals surface area contributed by atoms with Crippen molar-refractivity contribution >= 4 is 23.2 Å². The summed E-state index contributed by atoms with van der Waals surface area (Å²) in [4.78, 5) is 35.4. The molecule has 0 aliphatic rings. The smallest absolute Gasteiger partial charge is 0.224 e. The summed E-state index contributed by atoms with van der Waals surface area (Å²) >= 11 is 0. The van der Waals surface area contributed by atoms with Crippen LogP contribution in [0.3, 0.4) is 0 Å². The number of hydrogen-bond donors (Lipinski definition) is 1. The van der Waals surface area contributed by atoms with E-state index >= 15 is 0 Å². The van der Waals surface area contributed by atoms with E-state index in [1.165, 1.54) is 6.92 Å². The average Bonchev–Trinajstić information content (AvgIpc) is 2.62. The molecule has 1 N–H and O–H groups in total. The minimum atomic E-state index is -0.668. The number of benzene rings is 2. The SMILES string of the molecule is CCCC(=O)Nc1ccc(C(=O)[C@@H](C)Oc2ccc(C(C)=O)cc2)cc1. The maximum absolute atomic E-state index is 12.5. The van der Waals surface area contributed by atoms with Gasteiger partial charge in [0.1, 0.15) is 5.75 Å². The monoisotopic (exact) mass is 353 g/mol. The van der Waals surface area contributed by atoms with Crippen molar-refractivity contribution in [3.8, 4) is 5.75 Å². The zero-order chi connectivity index (χ0) is 19.1. The van der Waals surface area contributed by atoms with Crippen molar-refractivity contribution in [2.24, 2.45) is 0 Å². The quantitative estimate of drug-likeness (QED) is 0.719. The second kappa shape index (κ2) is 8.94. The predicted molar refractivity (Wildman–Crippen MR) is 101 cm³/mol. The number of ether oxygens (including phenoxy) is 1. The molecular weight excluding hydrogens is 330 g/mol. The molecular formula is C21H23NO4. The third-order valence-electron chi connectivity index (χ3n) is 3.87. The maximum atomic E-state index is 12.5. The van der Waals surface area contributed by atoms with Gasteiger partial charge in [0, 0.05) is 23.2 Å². The van der Waals surface area contributed by atoms with E-state index in [0.29, 0.717) is 29.0 Å².